The molecule has 0 aromatic heterocycles. The molecule has 0 fully saturated rings. The summed E-state index contributed by atoms with van der Waals surface area (Å²) in [6.45, 7) is 2.79. The van der Waals surface area contributed by atoms with Crippen LogP contribution in [0.2, 0.25) is 0 Å². The molecular formula is C17H20N2O2. The molecule has 0 saturated heterocycles. The van der Waals surface area contributed by atoms with Crippen molar-refractivity contribution in [2.24, 2.45) is 0 Å². The normalized spacial score (nSPS) is 10.0. The van der Waals surface area contributed by atoms with Crippen LogP contribution in [0.4, 0.5) is 5.69 Å². The van der Waals surface area contributed by atoms with Crippen LogP contribution in [-0.2, 0) is 11.3 Å². The molecule has 0 heterocycles. The molecule has 0 spiro atoms. The van der Waals surface area contributed by atoms with E-state index in [1.54, 1.807) is 7.11 Å². The van der Waals surface area contributed by atoms with Gasteiger partial charge in [-0.25, -0.2) is 0 Å². The van der Waals surface area contributed by atoms with Crippen LogP contribution >= 0.6 is 0 Å². The van der Waals surface area contributed by atoms with Crippen molar-refractivity contribution in [3.8, 4) is 5.75 Å². The maximum atomic E-state index is 11.9. The lowest BCUT2D eigenvalue weighted by Gasteiger charge is -2.11. The molecule has 4 nitrogen and oxygen atoms in total. The first-order chi connectivity index (χ1) is 10.2. The van der Waals surface area contributed by atoms with Crippen molar-refractivity contribution in [1.29, 1.82) is 0 Å². The summed E-state index contributed by atoms with van der Waals surface area (Å²) in [5.74, 6) is 0.673. The molecule has 0 unspecified atom stereocenters. The number of rotatable bonds is 6. The molecule has 0 saturated carbocycles. The van der Waals surface area contributed by atoms with E-state index in [2.05, 4.69) is 16.7 Å². The number of hydrogen-bond donors (Lipinski definition) is 2. The molecule has 2 N–H and O–H groups in total. The molecule has 2 aromatic rings. The Morgan fingerprint density at radius 2 is 1.95 bits per heavy atom. The fraction of sp³-hybridized carbons (Fsp3) is 0.235. The number of nitrogens with one attached hydrogen (secondary N) is 2. The van der Waals surface area contributed by atoms with E-state index < -0.39 is 0 Å². The third-order valence-corrected chi connectivity index (χ3v) is 3.12. The highest BCUT2D eigenvalue weighted by Gasteiger charge is 2.04. The summed E-state index contributed by atoms with van der Waals surface area (Å²) in [6.07, 6.45) is 0. The fourth-order valence-electron chi connectivity index (χ4n) is 2.05. The fourth-order valence-corrected chi connectivity index (χ4v) is 2.05. The Morgan fingerprint density at radius 1 is 1.14 bits per heavy atom. The van der Waals surface area contributed by atoms with E-state index in [0.717, 1.165) is 17.0 Å². The van der Waals surface area contributed by atoms with Gasteiger partial charge in [-0.15, -0.1) is 0 Å². The molecule has 21 heavy (non-hydrogen) atoms. The van der Waals surface area contributed by atoms with Gasteiger partial charge in [-0.1, -0.05) is 42.0 Å². The number of methoxy groups -OCH3 is 1. The number of hydrogen-bond acceptors (Lipinski definition) is 3. The lowest BCUT2D eigenvalue weighted by Crippen LogP contribution is -2.29. The van der Waals surface area contributed by atoms with Crippen molar-refractivity contribution in [3.05, 3.63) is 59.7 Å². The SMILES string of the molecule is COc1ccccc1NCC(=O)NCc1cccc(C)c1. The van der Waals surface area contributed by atoms with E-state index in [-0.39, 0.29) is 12.5 Å². The van der Waals surface area contributed by atoms with Crippen LogP contribution in [0, 0.1) is 6.92 Å². The van der Waals surface area contributed by atoms with Gasteiger partial charge < -0.3 is 15.4 Å². The van der Waals surface area contributed by atoms with E-state index in [1.165, 1.54) is 5.56 Å². The molecule has 1 amide bonds. The van der Waals surface area contributed by atoms with Crippen molar-refractivity contribution in [1.82, 2.24) is 5.32 Å². The van der Waals surface area contributed by atoms with Gasteiger partial charge in [0.05, 0.1) is 19.3 Å². The van der Waals surface area contributed by atoms with Crippen LogP contribution in [-0.4, -0.2) is 19.6 Å². The number of carbonyl (C=O) groups excluding carboxylic acids is 1. The van der Waals surface area contributed by atoms with Crippen molar-refractivity contribution in [2.75, 3.05) is 19.0 Å². The molecule has 0 atom stereocenters. The number of anilines is 1. The summed E-state index contributed by atoms with van der Waals surface area (Å²) in [7, 11) is 1.61. The average molecular weight is 284 g/mol. The monoisotopic (exact) mass is 284 g/mol. The molecule has 110 valence electrons. The molecule has 0 aliphatic carbocycles. The first-order valence-corrected chi connectivity index (χ1v) is 6.88. The van der Waals surface area contributed by atoms with Gasteiger partial charge in [0.15, 0.2) is 0 Å². The number of amides is 1. The van der Waals surface area contributed by atoms with Crippen LogP contribution in [0.3, 0.4) is 0 Å². The Morgan fingerprint density at radius 3 is 2.71 bits per heavy atom. The Bertz CT molecular complexity index is 611. The Labute approximate surface area is 125 Å². The van der Waals surface area contributed by atoms with Crippen LogP contribution in [0.25, 0.3) is 0 Å². The minimum Gasteiger partial charge on any atom is -0.495 e. The molecular weight excluding hydrogens is 264 g/mol. The Hall–Kier alpha value is -2.49. The van der Waals surface area contributed by atoms with Crippen LogP contribution in [0.1, 0.15) is 11.1 Å². The average Bonchev–Trinajstić information content (AvgIpc) is 2.51. The van der Waals surface area contributed by atoms with Crippen molar-refractivity contribution in [3.63, 3.8) is 0 Å². The summed E-state index contributed by atoms with van der Waals surface area (Å²) >= 11 is 0. The zero-order valence-electron chi connectivity index (χ0n) is 12.3. The second-order valence-electron chi connectivity index (χ2n) is 4.82. The lowest BCUT2D eigenvalue weighted by atomic mass is 10.1. The highest BCUT2D eigenvalue weighted by atomic mass is 16.5. The van der Waals surface area contributed by atoms with Crippen LogP contribution < -0.4 is 15.4 Å². The van der Waals surface area contributed by atoms with Crippen molar-refractivity contribution < 1.29 is 9.53 Å². The van der Waals surface area contributed by atoms with Gasteiger partial charge in [0.1, 0.15) is 5.75 Å². The van der Waals surface area contributed by atoms with Gasteiger partial charge in [0, 0.05) is 6.54 Å². The number of ether oxygens (including phenoxy) is 1. The summed E-state index contributed by atoms with van der Waals surface area (Å²) in [5, 5.41) is 5.97. The van der Waals surface area contributed by atoms with Crippen molar-refractivity contribution >= 4 is 11.6 Å². The van der Waals surface area contributed by atoms with Crippen molar-refractivity contribution in [2.45, 2.75) is 13.5 Å². The predicted octanol–water partition coefficient (Wildman–Crippen LogP) is 2.73. The van der Waals surface area contributed by atoms with Gasteiger partial charge >= 0.3 is 0 Å². The number of carbonyl (C=O) groups is 1. The quantitative estimate of drug-likeness (QED) is 0.857. The van der Waals surface area contributed by atoms with E-state index >= 15 is 0 Å². The van der Waals surface area contributed by atoms with Gasteiger partial charge in [-0.05, 0) is 24.6 Å². The smallest absolute Gasteiger partial charge is 0.239 e. The predicted molar refractivity (Wildman–Crippen MR) is 84.5 cm³/mol. The van der Waals surface area contributed by atoms with E-state index in [4.69, 9.17) is 4.74 Å². The molecule has 0 radical (unpaired) electrons. The molecule has 0 bridgehead atoms. The lowest BCUT2D eigenvalue weighted by molar-refractivity contribution is -0.119. The second-order valence-corrected chi connectivity index (χ2v) is 4.82. The maximum Gasteiger partial charge on any atom is 0.239 e. The first kappa shape index (κ1) is 14.9. The minimum atomic E-state index is -0.0533. The number of para-hydroxylation sites is 2. The third kappa shape index (κ3) is 4.53. The Kier molecular flexibility index (Phi) is 5.21. The number of benzene rings is 2. The van der Waals surface area contributed by atoms with E-state index in [0.29, 0.717) is 6.54 Å². The second kappa shape index (κ2) is 7.33. The number of aryl methyl sites for hydroxylation is 1. The topological polar surface area (TPSA) is 50.4 Å². The first-order valence-electron chi connectivity index (χ1n) is 6.88. The van der Waals surface area contributed by atoms with Gasteiger partial charge in [-0.2, -0.15) is 0 Å². The maximum absolute atomic E-state index is 11.9. The third-order valence-electron chi connectivity index (χ3n) is 3.12. The largest absolute Gasteiger partial charge is 0.495 e. The molecule has 0 aliphatic heterocycles. The zero-order valence-corrected chi connectivity index (χ0v) is 12.3. The molecule has 0 aliphatic rings. The van der Waals surface area contributed by atoms with Gasteiger partial charge in [0.25, 0.3) is 0 Å². The van der Waals surface area contributed by atoms with Gasteiger partial charge in [-0.3, -0.25) is 4.79 Å². The molecule has 2 aromatic carbocycles. The van der Waals surface area contributed by atoms with E-state index in [1.807, 2.05) is 49.4 Å². The molecule has 4 heteroatoms. The highest BCUT2D eigenvalue weighted by molar-refractivity contribution is 5.81. The molecule has 2 rings (SSSR count). The summed E-state index contributed by atoms with van der Waals surface area (Å²) < 4.78 is 5.23. The van der Waals surface area contributed by atoms with Crippen LogP contribution in [0.15, 0.2) is 48.5 Å². The van der Waals surface area contributed by atoms with E-state index in [9.17, 15) is 4.79 Å². The standard InChI is InChI=1S/C17H20N2O2/c1-13-6-5-7-14(10-13)11-19-17(20)12-18-15-8-3-4-9-16(15)21-2/h3-10,18H,11-12H2,1-2H3,(H,19,20). The summed E-state index contributed by atoms with van der Waals surface area (Å²) in [6, 6.07) is 15.6. The van der Waals surface area contributed by atoms with Gasteiger partial charge in [0.2, 0.25) is 5.91 Å². The zero-order chi connectivity index (χ0) is 15.1. The highest BCUT2D eigenvalue weighted by Crippen LogP contribution is 2.22. The summed E-state index contributed by atoms with van der Waals surface area (Å²) in [4.78, 5) is 11.9. The van der Waals surface area contributed by atoms with Crippen LogP contribution in [0.5, 0.6) is 5.75 Å². The summed E-state index contributed by atoms with van der Waals surface area (Å²) in [5.41, 5.74) is 3.10. The minimum absolute atomic E-state index is 0.0533. The Balaban J connectivity index is 1.82.